The molecule has 1 aliphatic heterocycles. The van der Waals surface area contributed by atoms with Gasteiger partial charge in [-0.05, 0) is 31.5 Å². The maximum atomic E-state index is 12.9. The first-order chi connectivity index (χ1) is 13.8. The van der Waals surface area contributed by atoms with Crippen LogP contribution in [0.5, 0.6) is 5.75 Å². The molecule has 0 spiro atoms. The van der Waals surface area contributed by atoms with E-state index in [0.29, 0.717) is 28.3 Å². The van der Waals surface area contributed by atoms with E-state index >= 15 is 0 Å². The summed E-state index contributed by atoms with van der Waals surface area (Å²) in [5, 5.41) is 15.4. The number of rotatable bonds is 6. The second-order valence-electron chi connectivity index (χ2n) is 6.93. The number of ether oxygens (including phenoxy) is 2. The first-order valence-corrected chi connectivity index (χ1v) is 9.23. The quantitative estimate of drug-likeness (QED) is 0.454. The molecule has 1 saturated heterocycles. The second kappa shape index (κ2) is 8.08. The highest BCUT2D eigenvalue weighted by Crippen LogP contribution is 2.40. The number of aryl methyl sites for hydroxylation is 2. The Bertz CT molecular complexity index is 975. The van der Waals surface area contributed by atoms with Gasteiger partial charge in [-0.25, -0.2) is 0 Å². The molecule has 0 bridgehead atoms. The van der Waals surface area contributed by atoms with Crippen molar-refractivity contribution in [2.75, 3.05) is 27.4 Å². The van der Waals surface area contributed by atoms with Gasteiger partial charge in [-0.1, -0.05) is 12.1 Å². The fourth-order valence-corrected chi connectivity index (χ4v) is 3.68. The molecule has 1 atom stereocenters. The maximum Gasteiger partial charge on any atom is 0.295 e. The minimum absolute atomic E-state index is 0.0514. The van der Waals surface area contributed by atoms with E-state index in [1.165, 1.54) is 12.0 Å². The average Bonchev–Trinajstić information content (AvgIpc) is 3.11. The number of aliphatic hydroxyl groups excluding tert-OH is 1. The van der Waals surface area contributed by atoms with Crippen molar-refractivity contribution in [3.8, 4) is 5.75 Å². The van der Waals surface area contributed by atoms with Gasteiger partial charge in [0.25, 0.3) is 11.7 Å². The molecular formula is C21H25N3O5. The van der Waals surface area contributed by atoms with Crippen molar-refractivity contribution < 1.29 is 24.2 Å². The summed E-state index contributed by atoms with van der Waals surface area (Å²) in [6, 6.07) is 6.35. The van der Waals surface area contributed by atoms with Crippen molar-refractivity contribution in [2.24, 2.45) is 7.05 Å². The highest BCUT2D eigenvalue weighted by molar-refractivity contribution is 6.46. The Morgan fingerprint density at radius 1 is 1.17 bits per heavy atom. The summed E-state index contributed by atoms with van der Waals surface area (Å²) in [7, 11) is 4.85. The minimum Gasteiger partial charge on any atom is -0.507 e. The molecule has 0 aliphatic carbocycles. The van der Waals surface area contributed by atoms with Gasteiger partial charge in [0, 0.05) is 26.4 Å². The monoisotopic (exact) mass is 399 g/mol. The van der Waals surface area contributed by atoms with Crippen LogP contribution in [-0.2, 0) is 21.4 Å². The van der Waals surface area contributed by atoms with Crippen molar-refractivity contribution in [3.05, 3.63) is 52.4 Å². The number of amides is 1. The van der Waals surface area contributed by atoms with Gasteiger partial charge in [0.2, 0.25) is 0 Å². The van der Waals surface area contributed by atoms with Crippen LogP contribution in [0.4, 0.5) is 0 Å². The van der Waals surface area contributed by atoms with E-state index in [2.05, 4.69) is 5.10 Å². The van der Waals surface area contributed by atoms with E-state index in [4.69, 9.17) is 9.47 Å². The highest BCUT2D eigenvalue weighted by Gasteiger charge is 2.46. The number of hydrogen-bond donors (Lipinski definition) is 1. The molecule has 0 saturated carbocycles. The number of aromatic nitrogens is 2. The van der Waals surface area contributed by atoms with E-state index < -0.39 is 17.7 Å². The number of hydrogen-bond acceptors (Lipinski definition) is 6. The average molecular weight is 399 g/mol. The largest absolute Gasteiger partial charge is 0.507 e. The van der Waals surface area contributed by atoms with E-state index in [9.17, 15) is 14.7 Å². The zero-order chi connectivity index (χ0) is 21.3. The topological polar surface area (TPSA) is 93.9 Å². The van der Waals surface area contributed by atoms with Gasteiger partial charge in [-0.2, -0.15) is 5.10 Å². The molecule has 2 aromatic rings. The first-order valence-electron chi connectivity index (χ1n) is 9.23. The van der Waals surface area contributed by atoms with Gasteiger partial charge in [0.15, 0.2) is 0 Å². The molecule has 1 N–H and O–H groups in total. The summed E-state index contributed by atoms with van der Waals surface area (Å²) in [5.41, 5.74) is 2.50. The van der Waals surface area contributed by atoms with Crippen molar-refractivity contribution in [2.45, 2.75) is 19.9 Å². The van der Waals surface area contributed by atoms with E-state index in [-0.39, 0.29) is 24.5 Å². The Kier molecular flexibility index (Phi) is 5.74. The summed E-state index contributed by atoms with van der Waals surface area (Å²) in [4.78, 5) is 27.1. The zero-order valence-corrected chi connectivity index (χ0v) is 17.2. The van der Waals surface area contributed by atoms with Crippen LogP contribution in [0.25, 0.3) is 5.76 Å². The maximum absolute atomic E-state index is 12.9. The van der Waals surface area contributed by atoms with Crippen LogP contribution in [0.1, 0.15) is 28.6 Å². The SMILES string of the molecule is COCCN1C(=O)C(=O)/C(=C(/O)c2c(C)nn(C)c2C)C1c1ccc(OC)cc1. The van der Waals surface area contributed by atoms with Crippen LogP contribution in [0.3, 0.4) is 0 Å². The van der Waals surface area contributed by atoms with Crippen LogP contribution in [0.15, 0.2) is 29.8 Å². The number of carbonyl (C=O) groups is 2. The minimum atomic E-state index is -0.727. The molecule has 0 radical (unpaired) electrons. The predicted octanol–water partition coefficient (Wildman–Crippen LogP) is 2.11. The molecule has 1 aliphatic rings. The molecule has 29 heavy (non-hydrogen) atoms. The number of carbonyl (C=O) groups excluding carboxylic acids is 2. The van der Waals surface area contributed by atoms with Crippen LogP contribution in [0.2, 0.25) is 0 Å². The molecule has 8 nitrogen and oxygen atoms in total. The lowest BCUT2D eigenvalue weighted by Crippen LogP contribution is -2.32. The number of methoxy groups -OCH3 is 2. The Hall–Kier alpha value is -3.13. The predicted molar refractivity (Wildman–Crippen MR) is 107 cm³/mol. The van der Waals surface area contributed by atoms with Gasteiger partial charge < -0.3 is 19.5 Å². The number of benzene rings is 1. The Morgan fingerprint density at radius 3 is 2.34 bits per heavy atom. The smallest absolute Gasteiger partial charge is 0.295 e. The van der Waals surface area contributed by atoms with Gasteiger partial charge in [0.1, 0.15) is 11.5 Å². The van der Waals surface area contributed by atoms with Crippen molar-refractivity contribution >= 4 is 17.4 Å². The number of nitrogens with zero attached hydrogens (tertiary/aromatic N) is 3. The molecule has 1 amide bonds. The van der Waals surface area contributed by atoms with Crippen LogP contribution >= 0.6 is 0 Å². The van der Waals surface area contributed by atoms with Gasteiger partial charge >= 0.3 is 0 Å². The normalized spacial score (nSPS) is 18.5. The fraction of sp³-hybridized carbons (Fsp3) is 0.381. The van der Waals surface area contributed by atoms with Crippen LogP contribution in [-0.4, -0.2) is 58.8 Å². The Morgan fingerprint density at radius 2 is 1.83 bits per heavy atom. The van der Waals surface area contributed by atoms with Gasteiger partial charge in [-0.3, -0.25) is 14.3 Å². The highest BCUT2D eigenvalue weighted by atomic mass is 16.5. The third-order valence-electron chi connectivity index (χ3n) is 5.25. The summed E-state index contributed by atoms with van der Waals surface area (Å²) >= 11 is 0. The summed E-state index contributed by atoms with van der Waals surface area (Å²) in [5.74, 6) is -0.945. The van der Waals surface area contributed by atoms with E-state index in [1.54, 1.807) is 57.0 Å². The molecular weight excluding hydrogens is 374 g/mol. The fourth-order valence-electron chi connectivity index (χ4n) is 3.68. The number of Topliss-reactive ketones (excluding diaryl/α,β-unsaturated/α-hetero) is 1. The van der Waals surface area contributed by atoms with Gasteiger partial charge in [0.05, 0.1) is 36.6 Å². The summed E-state index contributed by atoms with van der Waals surface area (Å²) in [6.45, 7) is 4.05. The number of ketones is 1. The summed E-state index contributed by atoms with van der Waals surface area (Å²) in [6.07, 6.45) is 0. The molecule has 8 heteroatoms. The van der Waals surface area contributed by atoms with Crippen LogP contribution in [0, 0.1) is 13.8 Å². The molecule has 154 valence electrons. The van der Waals surface area contributed by atoms with Crippen molar-refractivity contribution in [3.63, 3.8) is 0 Å². The lowest BCUT2D eigenvalue weighted by molar-refractivity contribution is -0.140. The van der Waals surface area contributed by atoms with Crippen molar-refractivity contribution in [1.82, 2.24) is 14.7 Å². The number of likely N-dealkylation sites (tertiary alicyclic amines) is 1. The van der Waals surface area contributed by atoms with Gasteiger partial charge in [-0.15, -0.1) is 0 Å². The summed E-state index contributed by atoms with van der Waals surface area (Å²) < 4.78 is 11.9. The number of aliphatic hydroxyl groups is 1. The molecule has 1 aromatic heterocycles. The van der Waals surface area contributed by atoms with Crippen molar-refractivity contribution in [1.29, 1.82) is 0 Å². The molecule has 2 heterocycles. The van der Waals surface area contributed by atoms with E-state index in [0.717, 1.165) is 0 Å². The second-order valence-corrected chi connectivity index (χ2v) is 6.93. The lowest BCUT2D eigenvalue weighted by atomic mass is 9.94. The third-order valence-corrected chi connectivity index (χ3v) is 5.25. The molecule has 1 fully saturated rings. The molecule has 1 aromatic carbocycles. The Labute approximate surface area is 169 Å². The van der Waals surface area contributed by atoms with E-state index in [1.807, 2.05) is 0 Å². The van der Waals surface area contributed by atoms with Crippen LogP contribution < -0.4 is 4.74 Å². The zero-order valence-electron chi connectivity index (χ0n) is 17.2. The molecule has 1 unspecified atom stereocenters. The lowest BCUT2D eigenvalue weighted by Gasteiger charge is -2.25. The standard InChI is InChI=1S/C21H25N3O5/c1-12-16(13(2)23(3)22-12)19(25)17-18(14-6-8-15(29-5)9-7-14)24(10-11-28-4)21(27)20(17)26/h6-9,18,25H,10-11H2,1-5H3/b19-17+. The third kappa shape index (κ3) is 3.51. The first kappa shape index (κ1) is 20.6. The Balaban J connectivity index is 2.20. The molecule has 3 rings (SSSR count).